The molecule has 0 aliphatic heterocycles. The summed E-state index contributed by atoms with van der Waals surface area (Å²) in [6.07, 6.45) is 4.97. The number of ketones is 1. The number of aryl methyl sites for hydroxylation is 2. The van der Waals surface area contributed by atoms with Gasteiger partial charge < -0.3 is 5.32 Å². The van der Waals surface area contributed by atoms with Crippen molar-refractivity contribution in [3.63, 3.8) is 0 Å². The molecule has 0 aliphatic rings. The summed E-state index contributed by atoms with van der Waals surface area (Å²) in [7, 11) is 0. The predicted octanol–water partition coefficient (Wildman–Crippen LogP) is 6.25. The number of nitrogens with one attached hydrogen (secondary N) is 1. The van der Waals surface area contributed by atoms with E-state index >= 15 is 0 Å². The highest BCUT2D eigenvalue weighted by atomic mass is 35.5. The highest BCUT2D eigenvalue weighted by Crippen LogP contribution is 2.20. The quantitative estimate of drug-likeness (QED) is 0.297. The van der Waals surface area contributed by atoms with Crippen molar-refractivity contribution in [3.05, 3.63) is 123 Å². The van der Waals surface area contributed by atoms with Crippen LogP contribution in [-0.4, -0.2) is 21.7 Å². The van der Waals surface area contributed by atoms with E-state index in [1.165, 1.54) is 6.20 Å². The van der Waals surface area contributed by atoms with E-state index in [-0.39, 0.29) is 12.2 Å². The Morgan fingerprint density at radius 1 is 0.824 bits per heavy atom. The van der Waals surface area contributed by atoms with E-state index in [1.54, 1.807) is 36.5 Å². The number of anilines is 1. The lowest BCUT2D eigenvalue weighted by Crippen LogP contribution is -2.17. The number of Topliss-reactive ketones (excluding diaryl/α,β-unsaturated/α-hetero) is 1. The van der Waals surface area contributed by atoms with Gasteiger partial charge in [0.2, 0.25) is 0 Å². The van der Waals surface area contributed by atoms with Crippen molar-refractivity contribution in [2.24, 2.45) is 0 Å². The molecule has 170 valence electrons. The van der Waals surface area contributed by atoms with Crippen molar-refractivity contribution in [1.29, 1.82) is 0 Å². The van der Waals surface area contributed by atoms with Crippen LogP contribution in [0.25, 0.3) is 0 Å². The number of carbonyl (C=O) groups excluding carboxylic acids is 2. The number of aromatic nitrogens is 2. The molecular weight excluding hydrogens is 469 g/mol. The Balaban J connectivity index is 1.44. The van der Waals surface area contributed by atoms with Gasteiger partial charge in [-0.2, -0.15) is 0 Å². The molecule has 2 aromatic heterocycles. The molecule has 2 aromatic carbocycles. The molecule has 1 N–H and O–H groups in total. The number of benzene rings is 2. The van der Waals surface area contributed by atoms with E-state index < -0.39 is 5.91 Å². The smallest absolute Gasteiger partial charge is 0.257 e. The van der Waals surface area contributed by atoms with Crippen LogP contribution in [0, 0.1) is 0 Å². The topological polar surface area (TPSA) is 72.0 Å². The molecule has 5 nitrogen and oxygen atoms in total. The van der Waals surface area contributed by atoms with Crippen LogP contribution in [0.15, 0.2) is 85.2 Å². The molecule has 4 aromatic rings. The first-order chi connectivity index (χ1) is 16.5. The standard InChI is InChI=1S/C27H21Cl2N3O2/c28-21-10-9-20(24(16-21)27(34)32-26-13-11-22(29)17-31-26)15-25(33)19-7-4-18(5-8-19)6-12-23-3-1-2-14-30-23/h1-5,7-11,13-14,16-17H,6,12,15H2,(H,31,32,34). The number of carbonyl (C=O) groups is 2. The number of nitrogens with zero attached hydrogens (tertiary/aromatic N) is 2. The Kier molecular flexibility index (Phi) is 7.68. The van der Waals surface area contributed by atoms with Crippen LogP contribution >= 0.6 is 23.2 Å². The van der Waals surface area contributed by atoms with Gasteiger partial charge >= 0.3 is 0 Å². The largest absolute Gasteiger partial charge is 0.307 e. The van der Waals surface area contributed by atoms with E-state index in [1.807, 2.05) is 42.5 Å². The first-order valence-corrected chi connectivity index (χ1v) is 11.5. The number of hydrogen-bond acceptors (Lipinski definition) is 4. The lowest BCUT2D eigenvalue weighted by Gasteiger charge is -2.11. The average molecular weight is 490 g/mol. The molecule has 0 saturated carbocycles. The lowest BCUT2D eigenvalue weighted by atomic mass is 9.97. The molecule has 0 spiro atoms. The zero-order chi connectivity index (χ0) is 23.9. The fourth-order valence-electron chi connectivity index (χ4n) is 3.50. The van der Waals surface area contributed by atoms with Gasteiger partial charge in [-0.25, -0.2) is 4.98 Å². The maximum atomic E-state index is 13.0. The molecule has 0 unspecified atom stereocenters. The molecular formula is C27H21Cl2N3O2. The van der Waals surface area contributed by atoms with Crippen LogP contribution in [0.2, 0.25) is 10.0 Å². The van der Waals surface area contributed by atoms with Crippen molar-refractivity contribution in [2.75, 3.05) is 5.32 Å². The van der Waals surface area contributed by atoms with Crippen molar-refractivity contribution in [1.82, 2.24) is 9.97 Å². The fraction of sp³-hybridized carbons (Fsp3) is 0.111. The fourth-order valence-corrected chi connectivity index (χ4v) is 3.78. The van der Waals surface area contributed by atoms with Gasteiger partial charge in [-0.15, -0.1) is 0 Å². The Morgan fingerprint density at radius 3 is 2.32 bits per heavy atom. The molecule has 2 heterocycles. The maximum Gasteiger partial charge on any atom is 0.257 e. The second kappa shape index (κ2) is 11.1. The van der Waals surface area contributed by atoms with Gasteiger partial charge in [-0.3, -0.25) is 14.6 Å². The monoisotopic (exact) mass is 489 g/mol. The number of halogens is 2. The van der Waals surface area contributed by atoms with Gasteiger partial charge in [-0.05, 0) is 60.4 Å². The van der Waals surface area contributed by atoms with Crippen LogP contribution in [0.1, 0.15) is 37.5 Å². The number of hydrogen-bond donors (Lipinski definition) is 1. The lowest BCUT2D eigenvalue weighted by molar-refractivity contribution is 0.0992. The van der Waals surface area contributed by atoms with Gasteiger partial charge in [0.1, 0.15) is 5.82 Å². The first-order valence-electron chi connectivity index (χ1n) is 10.7. The molecule has 4 rings (SSSR count). The van der Waals surface area contributed by atoms with E-state index in [0.29, 0.717) is 32.6 Å². The minimum absolute atomic E-state index is 0.0707. The predicted molar refractivity (Wildman–Crippen MR) is 135 cm³/mol. The van der Waals surface area contributed by atoms with Crippen LogP contribution in [0.3, 0.4) is 0 Å². The van der Waals surface area contributed by atoms with Gasteiger partial charge in [0.15, 0.2) is 5.78 Å². The number of pyridine rings is 2. The Hall–Kier alpha value is -3.54. The molecule has 0 bridgehead atoms. The van der Waals surface area contributed by atoms with Crippen LogP contribution in [0.4, 0.5) is 5.82 Å². The number of amides is 1. The van der Waals surface area contributed by atoms with Gasteiger partial charge in [0.25, 0.3) is 5.91 Å². The SMILES string of the molecule is O=C(Cc1ccc(Cl)cc1C(=O)Nc1ccc(Cl)cn1)c1ccc(CCc2ccccn2)cc1. The third-order valence-corrected chi connectivity index (χ3v) is 5.77. The second-order valence-electron chi connectivity index (χ2n) is 7.74. The molecule has 0 atom stereocenters. The first kappa shape index (κ1) is 23.6. The molecule has 0 aliphatic carbocycles. The average Bonchev–Trinajstić information content (AvgIpc) is 2.86. The second-order valence-corrected chi connectivity index (χ2v) is 8.61. The molecule has 34 heavy (non-hydrogen) atoms. The normalized spacial score (nSPS) is 10.6. The van der Waals surface area contributed by atoms with Crippen molar-refractivity contribution >= 4 is 40.7 Å². The van der Waals surface area contributed by atoms with Crippen molar-refractivity contribution < 1.29 is 9.59 Å². The summed E-state index contributed by atoms with van der Waals surface area (Å²) in [4.78, 5) is 34.2. The zero-order valence-electron chi connectivity index (χ0n) is 18.2. The number of rotatable bonds is 8. The van der Waals surface area contributed by atoms with E-state index in [9.17, 15) is 9.59 Å². The third-order valence-electron chi connectivity index (χ3n) is 5.31. The van der Waals surface area contributed by atoms with Crippen molar-refractivity contribution in [2.45, 2.75) is 19.3 Å². The molecule has 7 heteroatoms. The summed E-state index contributed by atoms with van der Waals surface area (Å²) >= 11 is 12.0. The van der Waals surface area contributed by atoms with E-state index in [0.717, 1.165) is 24.1 Å². The van der Waals surface area contributed by atoms with Crippen LogP contribution < -0.4 is 5.32 Å². The van der Waals surface area contributed by atoms with Crippen LogP contribution in [-0.2, 0) is 19.3 Å². The van der Waals surface area contributed by atoms with Gasteiger partial charge in [0.05, 0.1) is 5.02 Å². The van der Waals surface area contributed by atoms with Gasteiger partial charge in [-0.1, -0.05) is 59.6 Å². The molecule has 0 fully saturated rings. The minimum Gasteiger partial charge on any atom is -0.307 e. The third kappa shape index (κ3) is 6.28. The Labute approximate surface area is 207 Å². The van der Waals surface area contributed by atoms with Crippen molar-refractivity contribution in [3.8, 4) is 0 Å². The maximum absolute atomic E-state index is 13.0. The summed E-state index contributed by atoms with van der Waals surface area (Å²) in [5.74, 6) is -0.129. The highest BCUT2D eigenvalue weighted by molar-refractivity contribution is 6.31. The van der Waals surface area contributed by atoms with Gasteiger partial charge in [0, 0.05) is 40.7 Å². The van der Waals surface area contributed by atoms with E-state index in [4.69, 9.17) is 23.2 Å². The molecule has 0 radical (unpaired) electrons. The summed E-state index contributed by atoms with van der Waals surface area (Å²) in [5.41, 5.74) is 3.65. The Bertz CT molecular complexity index is 1290. The summed E-state index contributed by atoms with van der Waals surface area (Å²) < 4.78 is 0. The minimum atomic E-state index is -0.398. The summed E-state index contributed by atoms with van der Waals surface area (Å²) in [5, 5.41) is 3.59. The van der Waals surface area contributed by atoms with E-state index in [2.05, 4.69) is 15.3 Å². The Morgan fingerprint density at radius 2 is 1.62 bits per heavy atom. The highest BCUT2D eigenvalue weighted by Gasteiger charge is 2.17. The van der Waals surface area contributed by atoms with Crippen LogP contribution in [0.5, 0.6) is 0 Å². The zero-order valence-corrected chi connectivity index (χ0v) is 19.7. The molecule has 1 amide bonds. The summed E-state index contributed by atoms with van der Waals surface area (Å²) in [6, 6.07) is 21.6. The summed E-state index contributed by atoms with van der Waals surface area (Å²) in [6.45, 7) is 0. The molecule has 0 saturated heterocycles.